The second-order valence-electron chi connectivity index (χ2n) is 5.05. The summed E-state index contributed by atoms with van der Waals surface area (Å²) in [5.41, 5.74) is 0.914. The van der Waals surface area contributed by atoms with Gasteiger partial charge >= 0.3 is 0 Å². The smallest absolute Gasteiger partial charge is 0.276 e. The highest BCUT2D eigenvalue weighted by Crippen LogP contribution is 2.10. The summed E-state index contributed by atoms with van der Waals surface area (Å²) >= 11 is 0. The van der Waals surface area contributed by atoms with Crippen molar-refractivity contribution < 1.29 is 9.18 Å². The van der Waals surface area contributed by atoms with Gasteiger partial charge in [0.1, 0.15) is 5.82 Å². The molecule has 1 aromatic heterocycles. The standard InChI is InChI=1S/C14H16FN5O.ClH/c1-10-8-16-6-7-19(10)14(21)13-9-17-20(18-13)12-4-2-11(15)3-5-12;/h2-5,9-10,16H,6-8H2,1H3;1H/t10-;/m1./s1. The van der Waals surface area contributed by atoms with Crippen molar-refractivity contribution in [1.82, 2.24) is 25.2 Å². The lowest BCUT2D eigenvalue weighted by Crippen LogP contribution is -2.52. The fraction of sp³-hybridized carbons (Fsp3) is 0.357. The number of carbonyl (C=O) groups excluding carboxylic acids is 1. The fourth-order valence-corrected chi connectivity index (χ4v) is 2.35. The minimum absolute atomic E-state index is 0. The van der Waals surface area contributed by atoms with E-state index in [1.807, 2.05) is 6.92 Å². The summed E-state index contributed by atoms with van der Waals surface area (Å²) in [7, 11) is 0. The summed E-state index contributed by atoms with van der Waals surface area (Å²) in [6.07, 6.45) is 1.44. The van der Waals surface area contributed by atoms with E-state index in [0.29, 0.717) is 17.9 Å². The normalized spacial score (nSPS) is 17.9. The van der Waals surface area contributed by atoms with E-state index in [0.717, 1.165) is 13.1 Å². The van der Waals surface area contributed by atoms with E-state index in [2.05, 4.69) is 15.5 Å². The molecule has 0 aliphatic carbocycles. The summed E-state index contributed by atoms with van der Waals surface area (Å²) in [5.74, 6) is -0.450. The maximum absolute atomic E-state index is 12.9. The van der Waals surface area contributed by atoms with Crippen molar-refractivity contribution in [2.45, 2.75) is 13.0 Å². The molecular weight excluding hydrogens is 309 g/mol. The Balaban J connectivity index is 0.00000176. The third-order valence-electron chi connectivity index (χ3n) is 3.53. The molecular formula is C14H17ClFN5O. The van der Waals surface area contributed by atoms with E-state index in [-0.39, 0.29) is 30.2 Å². The van der Waals surface area contributed by atoms with E-state index in [9.17, 15) is 9.18 Å². The third kappa shape index (κ3) is 3.26. The lowest BCUT2D eigenvalue weighted by atomic mass is 10.2. The third-order valence-corrected chi connectivity index (χ3v) is 3.53. The predicted octanol–water partition coefficient (Wildman–Crippen LogP) is 1.26. The second-order valence-corrected chi connectivity index (χ2v) is 5.05. The van der Waals surface area contributed by atoms with Crippen LogP contribution in [0.15, 0.2) is 30.5 Å². The molecule has 0 unspecified atom stereocenters. The minimum atomic E-state index is -0.322. The Morgan fingerprint density at radius 2 is 2.09 bits per heavy atom. The van der Waals surface area contributed by atoms with Crippen molar-refractivity contribution in [3.8, 4) is 5.69 Å². The molecule has 1 atom stereocenters. The van der Waals surface area contributed by atoms with Crippen LogP contribution in [0.2, 0.25) is 0 Å². The zero-order valence-corrected chi connectivity index (χ0v) is 12.9. The molecule has 1 N–H and O–H groups in total. The van der Waals surface area contributed by atoms with Crippen molar-refractivity contribution in [2.24, 2.45) is 0 Å². The quantitative estimate of drug-likeness (QED) is 0.903. The van der Waals surface area contributed by atoms with Crippen LogP contribution in [-0.2, 0) is 0 Å². The van der Waals surface area contributed by atoms with Crippen LogP contribution >= 0.6 is 12.4 Å². The Kier molecular flexibility index (Phi) is 5.10. The van der Waals surface area contributed by atoms with Gasteiger partial charge in [0, 0.05) is 25.7 Å². The number of nitrogens with one attached hydrogen (secondary N) is 1. The largest absolute Gasteiger partial charge is 0.332 e. The molecule has 1 fully saturated rings. The van der Waals surface area contributed by atoms with Gasteiger partial charge in [-0.15, -0.1) is 17.5 Å². The van der Waals surface area contributed by atoms with Crippen molar-refractivity contribution in [2.75, 3.05) is 19.6 Å². The maximum Gasteiger partial charge on any atom is 0.276 e. The van der Waals surface area contributed by atoms with Gasteiger partial charge < -0.3 is 10.2 Å². The van der Waals surface area contributed by atoms with E-state index < -0.39 is 0 Å². The van der Waals surface area contributed by atoms with E-state index in [1.54, 1.807) is 17.0 Å². The van der Waals surface area contributed by atoms with Gasteiger partial charge in [-0.3, -0.25) is 4.79 Å². The van der Waals surface area contributed by atoms with Gasteiger partial charge in [-0.05, 0) is 31.2 Å². The van der Waals surface area contributed by atoms with Crippen LogP contribution < -0.4 is 5.32 Å². The molecule has 8 heteroatoms. The molecule has 1 aliphatic rings. The number of piperazine rings is 1. The van der Waals surface area contributed by atoms with Crippen LogP contribution in [0.3, 0.4) is 0 Å². The molecule has 2 aromatic rings. The molecule has 1 saturated heterocycles. The van der Waals surface area contributed by atoms with Crippen LogP contribution in [0.25, 0.3) is 5.69 Å². The van der Waals surface area contributed by atoms with Crippen LogP contribution in [0.1, 0.15) is 17.4 Å². The van der Waals surface area contributed by atoms with Crippen LogP contribution in [0, 0.1) is 5.82 Å². The van der Waals surface area contributed by atoms with Crippen LogP contribution in [-0.4, -0.2) is 51.5 Å². The van der Waals surface area contributed by atoms with Gasteiger partial charge in [-0.2, -0.15) is 9.90 Å². The summed E-state index contributed by atoms with van der Waals surface area (Å²) < 4.78 is 12.9. The molecule has 1 aromatic carbocycles. The van der Waals surface area contributed by atoms with Gasteiger partial charge in [0.15, 0.2) is 5.69 Å². The first kappa shape index (κ1) is 16.4. The number of hydrogen-bond acceptors (Lipinski definition) is 4. The highest BCUT2D eigenvalue weighted by atomic mass is 35.5. The van der Waals surface area contributed by atoms with Crippen molar-refractivity contribution >= 4 is 18.3 Å². The molecule has 1 amide bonds. The van der Waals surface area contributed by atoms with Crippen molar-refractivity contribution in [3.05, 3.63) is 42.0 Å². The number of rotatable bonds is 2. The molecule has 1 aliphatic heterocycles. The van der Waals surface area contributed by atoms with Crippen LogP contribution in [0.4, 0.5) is 4.39 Å². The lowest BCUT2D eigenvalue weighted by molar-refractivity contribution is 0.0649. The Morgan fingerprint density at radius 3 is 2.77 bits per heavy atom. The van der Waals surface area contributed by atoms with E-state index in [4.69, 9.17) is 0 Å². The Morgan fingerprint density at radius 1 is 1.36 bits per heavy atom. The average molecular weight is 326 g/mol. The zero-order chi connectivity index (χ0) is 14.8. The number of halogens is 2. The first-order chi connectivity index (χ1) is 10.1. The number of nitrogens with zero attached hydrogens (tertiary/aromatic N) is 4. The summed E-state index contributed by atoms with van der Waals surface area (Å²) in [6, 6.07) is 5.92. The van der Waals surface area contributed by atoms with Gasteiger partial charge in [-0.25, -0.2) is 4.39 Å². The van der Waals surface area contributed by atoms with Crippen molar-refractivity contribution in [3.63, 3.8) is 0 Å². The summed E-state index contributed by atoms with van der Waals surface area (Å²) in [4.78, 5) is 15.6. The van der Waals surface area contributed by atoms with E-state index >= 15 is 0 Å². The fourth-order valence-electron chi connectivity index (χ4n) is 2.35. The molecule has 6 nitrogen and oxygen atoms in total. The minimum Gasteiger partial charge on any atom is -0.332 e. The first-order valence-corrected chi connectivity index (χ1v) is 6.85. The molecule has 0 spiro atoms. The molecule has 118 valence electrons. The molecule has 0 radical (unpaired) electrons. The van der Waals surface area contributed by atoms with Crippen molar-refractivity contribution in [1.29, 1.82) is 0 Å². The average Bonchev–Trinajstić information content (AvgIpc) is 2.98. The highest BCUT2D eigenvalue weighted by Gasteiger charge is 2.26. The number of amides is 1. The van der Waals surface area contributed by atoms with Gasteiger partial charge in [0.05, 0.1) is 11.9 Å². The van der Waals surface area contributed by atoms with Gasteiger partial charge in [0.2, 0.25) is 0 Å². The summed E-state index contributed by atoms with van der Waals surface area (Å²) in [6.45, 7) is 4.21. The number of benzene rings is 1. The molecule has 22 heavy (non-hydrogen) atoms. The first-order valence-electron chi connectivity index (χ1n) is 6.85. The Bertz CT molecular complexity index is 645. The Labute approximate surface area is 133 Å². The summed E-state index contributed by atoms with van der Waals surface area (Å²) in [5, 5.41) is 11.5. The number of hydrogen-bond donors (Lipinski definition) is 1. The predicted molar refractivity (Wildman–Crippen MR) is 81.9 cm³/mol. The molecule has 3 rings (SSSR count). The second kappa shape index (κ2) is 6.85. The van der Waals surface area contributed by atoms with Gasteiger partial charge in [0.25, 0.3) is 5.91 Å². The molecule has 2 heterocycles. The van der Waals surface area contributed by atoms with Crippen LogP contribution in [0.5, 0.6) is 0 Å². The van der Waals surface area contributed by atoms with E-state index in [1.165, 1.54) is 23.1 Å². The maximum atomic E-state index is 12.9. The number of carbonyl (C=O) groups is 1. The van der Waals surface area contributed by atoms with Gasteiger partial charge in [-0.1, -0.05) is 0 Å². The number of aromatic nitrogens is 3. The lowest BCUT2D eigenvalue weighted by Gasteiger charge is -2.33. The zero-order valence-electron chi connectivity index (χ0n) is 12.1. The molecule has 0 bridgehead atoms. The SMILES string of the molecule is C[C@@H]1CNCCN1C(=O)c1cnn(-c2ccc(F)cc2)n1.Cl. The topological polar surface area (TPSA) is 63.1 Å². The highest BCUT2D eigenvalue weighted by molar-refractivity contribution is 5.92. The Hall–Kier alpha value is -1.99. The monoisotopic (exact) mass is 325 g/mol. The molecule has 0 saturated carbocycles.